The molecular weight excluding hydrogens is 360 g/mol. The average molecular weight is 376 g/mol. The summed E-state index contributed by atoms with van der Waals surface area (Å²) in [6.45, 7) is -0.213. The van der Waals surface area contributed by atoms with Gasteiger partial charge in [0.25, 0.3) is 0 Å². The maximum Gasteiger partial charge on any atom is 0.472 e. The van der Waals surface area contributed by atoms with Crippen LogP contribution in [-0.2, 0) is 13.6 Å². The Morgan fingerprint density at radius 3 is 2.13 bits per heavy atom. The summed E-state index contributed by atoms with van der Waals surface area (Å²) in [5, 5.41) is 0. The second-order valence-corrected chi connectivity index (χ2v) is 6.62. The van der Waals surface area contributed by atoms with Crippen LogP contribution in [0.25, 0.3) is 0 Å². The van der Waals surface area contributed by atoms with E-state index in [0.717, 1.165) is 0 Å². The summed E-state index contributed by atoms with van der Waals surface area (Å²) in [5.74, 6) is -11.8. The zero-order valence-electron chi connectivity index (χ0n) is 11.8. The minimum atomic E-state index is -6.45. The topological polar surface area (TPSA) is 55.8 Å². The molecule has 23 heavy (non-hydrogen) atoms. The highest BCUT2D eigenvalue weighted by atomic mass is 31.2. The predicted octanol–water partition coefficient (Wildman–Crippen LogP) is 4.68. The second kappa shape index (κ2) is 7.25. The summed E-state index contributed by atoms with van der Waals surface area (Å²) in [6, 6.07) is 0. The number of phosphoric ester groups is 1. The first-order valence-corrected chi connectivity index (χ1v) is 8.26. The largest absolute Gasteiger partial charge is 0.472 e. The van der Waals surface area contributed by atoms with Gasteiger partial charge in [-0.2, -0.15) is 30.7 Å². The van der Waals surface area contributed by atoms with Crippen molar-refractivity contribution in [3.8, 4) is 0 Å². The van der Waals surface area contributed by atoms with E-state index in [-0.39, 0.29) is 19.4 Å². The SMILES string of the molecule is O=P1(O)OCCCCCCC(CC(F)(F)C(F)(F)C(F)(F)F)O1. The Bertz CT molecular complexity index is 441. The molecule has 0 spiro atoms. The van der Waals surface area contributed by atoms with Gasteiger partial charge in [-0.3, -0.25) is 9.05 Å². The summed E-state index contributed by atoms with van der Waals surface area (Å²) in [6.07, 6.45) is -9.25. The number of rotatable bonds is 3. The van der Waals surface area contributed by atoms with Gasteiger partial charge >= 0.3 is 25.8 Å². The average Bonchev–Trinajstić information content (AvgIpc) is 2.34. The van der Waals surface area contributed by atoms with Gasteiger partial charge in [0.05, 0.1) is 12.7 Å². The van der Waals surface area contributed by atoms with E-state index in [1.54, 1.807) is 0 Å². The first-order valence-electron chi connectivity index (χ1n) is 6.77. The maximum atomic E-state index is 13.4. The van der Waals surface area contributed by atoms with Crippen LogP contribution in [-0.4, -0.2) is 35.6 Å². The highest BCUT2D eigenvalue weighted by Crippen LogP contribution is 2.52. The van der Waals surface area contributed by atoms with E-state index in [1.807, 2.05) is 0 Å². The van der Waals surface area contributed by atoms with Crippen LogP contribution >= 0.6 is 7.82 Å². The van der Waals surface area contributed by atoms with Crippen molar-refractivity contribution in [1.82, 2.24) is 0 Å². The monoisotopic (exact) mass is 376 g/mol. The van der Waals surface area contributed by atoms with Crippen LogP contribution in [0.3, 0.4) is 0 Å². The van der Waals surface area contributed by atoms with Crippen molar-refractivity contribution in [2.75, 3.05) is 6.61 Å². The fourth-order valence-electron chi connectivity index (χ4n) is 2.04. The maximum absolute atomic E-state index is 13.4. The molecule has 0 aromatic carbocycles. The standard InChI is InChI=1S/C11H16F7O4P/c12-9(13,10(14,15)11(16,17)18)7-8-5-3-1-2-4-6-21-23(19,20)22-8/h8H,1-7H2,(H,19,20). The molecule has 0 aliphatic carbocycles. The molecule has 1 fully saturated rings. The number of hydrogen-bond donors (Lipinski definition) is 1. The van der Waals surface area contributed by atoms with Crippen molar-refractivity contribution in [1.29, 1.82) is 0 Å². The minimum Gasteiger partial charge on any atom is -0.302 e. The molecule has 0 saturated carbocycles. The highest BCUT2D eigenvalue weighted by Gasteiger charge is 2.73. The van der Waals surface area contributed by atoms with E-state index in [0.29, 0.717) is 19.3 Å². The molecule has 12 heteroatoms. The van der Waals surface area contributed by atoms with Crippen molar-refractivity contribution < 1.29 is 49.2 Å². The van der Waals surface area contributed by atoms with E-state index in [9.17, 15) is 40.2 Å². The summed E-state index contributed by atoms with van der Waals surface area (Å²) >= 11 is 0. The molecule has 0 aromatic heterocycles. The fourth-order valence-corrected chi connectivity index (χ4v) is 3.02. The van der Waals surface area contributed by atoms with Gasteiger partial charge in [0.1, 0.15) is 0 Å². The molecule has 138 valence electrons. The lowest BCUT2D eigenvalue weighted by atomic mass is 9.99. The van der Waals surface area contributed by atoms with Crippen LogP contribution in [0.15, 0.2) is 0 Å². The molecule has 1 N–H and O–H groups in total. The van der Waals surface area contributed by atoms with Gasteiger partial charge in [0.15, 0.2) is 0 Å². The first kappa shape index (κ1) is 20.7. The smallest absolute Gasteiger partial charge is 0.302 e. The van der Waals surface area contributed by atoms with Crippen molar-refractivity contribution in [2.45, 2.75) is 62.7 Å². The molecule has 0 bridgehead atoms. The Balaban J connectivity index is 2.90. The normalized spacial score (nSPS) is 29.3. The van der Waals surface area contributed by atoms with E-state index < -0.39 is 38.4 Å². The van der Waals surface area contributed by atoms with Crippen LogP contribution < -0.4 is 0 Å². The molecule has 0 radical (unpaired) electrons. The molecule has 0 amide bonds. The Hall–Kier alpha value is -0.380. The summed E-state index contributed by atoms with van der Waals surface area (Å²) in [7, 11) is -4.80. The highest BCUT2D eigenvalue weighted by molar-refractivity contribution is 7.47. The Morgan fingerprint density at radius 2 is 1.57 bits per heavy atom. The van der Waals surface area contributed by atoms with Crippen LogP contribution in [0.5, 0.6) is 0 Å². The third kappa shape index (κ3) is 5.58. The van der Waals surface area contributed by atoms with Crippen LogP contribution in [0, 0.1) is 0 Å². The first-order chi connectivity index (χ1) is 10.3. The molecule has 4 nitrogen and oxygen atoms in total. The summed E-state index contributed by atoms with van der Waals surface area (Å²) < 4.78 is 109. The van der Waals surface area contributed by atoms with E-state index in [4.69, 9.17) is 0 Å². The molecule has 2 unspecified atom stereocenters. The molecule has 1 aliphatic rings. The van der Waals surface area contributed by atoms with Crippen molar-refractivity contribution in [3.63, 3.8) is 0 Å². The third-order valence-corrected chi connectivity index (χ3v) is 4.33. The molecule has 1 saturated heterocycles. The molecule has 1 heterocycles. The number of hydrogen-bond acceptors (Lipinski definition) is 3. The lowest BCUT2D eigenvalue weighted by Gasteiger charge is -2.31. The van der Waals surface area contributed by atoms with Gasteiger partial charge in [0, 0.05) is 6.42 Å². The third-order valence-electron chi connectivity index (χ3n) is 3.26. The molecule has 1 aliphatic heterocycles. The van der Waals surface area contributed by atoms with Crippen molar-refractivity contribution >= 4 is 7.82 Å². The van der Waals surface area contributed by atoms with Gasteiger partial charge in [-0.25, -0.2) is 4.57 Å². The summed E-state index contributed by atoms with van der Waals surface area (Å²) in [4.78, 5) is 9.28. The molecule has 2 atom stereocenters. The lowest BCUT2D eigenvalue weighted by Crippen LogP contribution is -2.53. The minimum absolute atomic E-state index is 0.179. The van der Waals surface area contributed by atoms with E-state index in [1.165, 1.54) is 0 Å². The van der Waals surface area contributed by atoms with Crippen molar-refractivity contribution in [3.05, 3.63) is 0 Å². The zero-order valence-corrected chi connectivity index (χ0v) is 12.7. The summed E-state index contributed by atoms with van der Waals surface area (Å²) in [5.41, 5.74) is 0. The quantitative estimate of drug-likeness (QED) is 0.574. The fraction of sp³-hybridized carbons (Fsp3) is 1.00. The molecular formula is C11H16F7O4P. The van der Waals surface area contributed by atoms with Gasteiger partial charge in [-0.05, 0) is 12.8 Å². The van der Waals surface area contributed by atoms with Crippen molar-refractivity contribution in [2.24, 2.45) is 0 Å². The number of alkyl halides is 7. The van der Waals surface area contributed by atoms with E-state index in [2.05, 4.69) is 9.05 Å². The predicted molar refractivity (Wildman–Crippen MR) is 64.3 cm³/mol. The van der Waals surface area contributed by atoms with Crippen LogP contribution in [0.2, 0.25) is 0 Å². The Kier molecular flexibility index (Phi) is 6.51. The van der Waals surface area contributed by atoms with Crippen LogP contribution in [0.1, 0.15) is 38.5 Å². The van der Waals surface area contributed by atoms with Crippen LogP contribution in [0.4, 0.5) is 30.7 Å². The molecule has 1 rings (SSSR count). The van der Waals surface area contributed by atoms with E-state index >= 15 is 0 Å². The lowest BCUT2D eigenvalue weighted by molar-refractivity contribution is -0.358. The van der Waals surface area contributed by atoms with Gasteiger partial charge in [-0.15, -0.1) is 0 Å². The van der Waals surface area contributed by atoms with Gasteiger partial charge < -0.3 is 4.89 Å². The Labute approximate surface area is 127 Å². The Morgan fingerprint density at radius 1 is 1.00 bits per heavy atom. The van der Waals surface area contributed by atoms with Gasteiger partial charge in [-0.1, -0.05) is 19.3 Å². The number of halogens is 7. The molecule has 0 aromatic rings. The van der Waals surface area contributed by atoms with Gasteiger partial charge in [0.2, 0.25) is 0 Å². The second-order valence-electron chi connectivity index (χ2n) is 5.21. The zero-order chi connectivity index (χ0) is 17.9. The number of phosphoric acid groups is 1.